The van der Waals surface area contributed by atoms with Crippen molar-refractivity contribution in [3.8, 4) is 5.75 Å². The summed E-state index contributed by atoms with van der Waals surface area (Å²) in [6, 6.07) is 4.79. The Morgan fingerprint density at radius 2 is 1.50 bits per heavy atom. The van der Waals surface area contributed by atoms with Crippen LogP contribution in [0.25, 0.3) is 0 Å². The average molecular weight is 520 g/mol. The van der Waals surface area contributed by atoms with Gasteiger partial charge in [0, 0.05) is 63.9 Å². The van der Waals surface area contributed by atoms with Crippen molar-refractivity contribution in [3.05, 3.63) is 17.7 Å². The van der Waals surface area contributed by atoms with E-state index in [1.54, 1.807) is 7.11 Å². The highest BCUT2D eigenvalue weighted by atomic mass is 35.5. The van der Waals surface area contributed by atoms with Gasteiger partial charge in [-0.3, -0.25) is 9.69 Å². The van der Waals surface area contributed by atoms with E-state index in [1.165, 1.54) is 62.0 Å². The topological polar surface area (TPSA) is 36.0 Å². The zero-order chi connectivity index (χ0) is 25.0. The number of unbranched alkanes of at least 4 members (excludes halogenated alkanes) is 1. The largest absolute Gasteiger partial charge is 0.495 e. The van der Waals surface area contributed by atoms with Gasteiger partial charge in [-0.25, -0.2) is 0 Å². The van der Waals surface area contributed by atoms with Crippen LogP contribution in [0.15, 0.2) is 12.1 Å². The van der Waals surface area contributed by atoms with Gasteiger partial charge in [-0.1, -0.05) is 34.1 Å². The zero-order valence-corrected chi connectivity index (χ0v) is 24.3. The fourth-order valence-electron chi connectivity index (χ4n) is 6.45. The number of piperidine rings is 1. The van der Waals surface area contributed by atoms with Gasteiger partial charge < -0.3 is 14.5 Å². The number of Topliss-reactive ketones (excluding diaryl/α,β-unsaturated/α-hetero) is 1. The highest BCUT2D eigenvalue weighted by molar-refractivity contribution is 5.85. The summed E-state index contributed by atoms with van der Waals surface area (Å²) in [5, 5.41) is 0. The molecule has 0 unspecified atom stereocenters. The van der Waals surface area contributed by atoms with Crippen molar-refractivity contribution in [2.75, 3.05) is 62.7 Å². The lowest BCUT2D eigenvalue weighted by molar-refractivity contribution is -0.119. The lowest BCUT2D eigenvalue weighted by atomic mass is 9.68. The second-order valence-corrected chi connectivity index (χ2v) is 12.2. The first-order chi connectivity index (χ1) is 16.8. The predicted molar refractivity (Wildman–Crippen MR) is 154 cm³/mol. The lowest BCUT2D eigenvalue weighted by Crippen LogP contribution is -2.47. The Hall–Kier alpha value is -1.46. The van der Waals surface area contributed by atoms with E-state index in [2.05, 4.69) is 54.5 Å². The number of carbonyl (C=O) groups is 1. The molecule has 1 saturated carbocycles. The van der Waals surface area contributed by atoms with Crippen LogP contribution in [0, 0.1) is 11.3 Å². The highest BCUT2D eigenvalue weighted by Gasteiger charge is 2.33. The molecule has 2 aliphatic heterocycles. The van der Waals surface area contributed by atoms with Crippen LogP contribution in [-0.4, -0.2) is 63.6 Å². The first-order valence-electron chi connectivity index (χ1n) is 14.3. The van der Waals surface area contributed by atoms with Crippen LogP contribution in [-0.2, 0) is 4.79 Å². The molecule has 36 heavy (non-hydrogen) atoms. The van der Waals surface area contributed by atoms with E-state index in [1.807, 2.05) is 0 Å². The summed E-state index contributed by atoms with van der Waals surface area (Å²) >= 11 is 0. The van der Waals surface area contributed by atoms with Crippen LogP contribution in [0.3, 0.4) is 0 Å². The van der Waals surface area contributed by atoms with Gasteiger partial charge in [0.1, 0.15) is 11.5 Å². The van der Waals surface area contributed by atoms with E-state index in [9.17, 15) is 4.79 Å². The molecule has 5 nitrogen and oxygen atoms in total. The minimum absolute atomic E-state index is 0. The average Bonchev–Trinajstić information content (AvgIpc) is 2.87. The summed E-state index contributed by atoms with van der Waals surface area (Å²) in [5.41, 5.74) is 4.51. The summed E-state index contributed by atoms with van der Waals surface area (Å²) < 4.78 is 5.97. The maximum atomic E-state index is 11.9. The number of ketones is 1. The Kier molecular flexibility index (Phi) is 10.4. The first kappa shape index (κ1) is 29.1. The molecular formula is C30H50ClN3O2. The maximum Gasteiger partial charge on any atom is 0.144 e. The molecule has 1 aromatic carbocycles. The SMILES string of the molecule is CCCCN1CCN(c2cc(OC)c(N3CCC(=O)CC3)cc2C2CCC(C(C)(C)C)CC2)CC1.Cl. The van der Waals surface area contributed by atoms with Gasteiger partial charge in [-0.2, -0.15) is 0 Å². The number of anilines is 2. The molecule has 204 valence electrons. The Bertz CT molecular complexity index is 842. The van der Waals surface area contributed by atoms with Gasteiger partial charge in [0.25, 0.3) is 0 Å². The van der Waals surface area contributed by atoms with Crippen LogP contribution in [0.4, 0.5) is 11.4 Å². The minimum Gasteiger partial charge on any atom is -0.495 e. The molecule has 0 amide bonds. The fraction of sp³-hybridized carbons (Fsp3) is 0.767. The van der Waals surface area contributed by atoms with Gasteiger partial charge in [-0.05, 0) is 67.5 Å². The van der Waals surface area contributed by atoms with E-state index in [0.29, 0.717) is 30.0 Å². The molecule has 2 heterocycles. The number of ether oxygens (including phenoxy) is 1. The second-order valence-electron chi connectivity index (χ2n) is 12.2. The monoisotopic (exact) mass is 519 g/mol. The summed E-state index contributed by atoms with van der Waals surface area (Å²) in [6.07, 6.45) is 9.04. The zero-order valence-electron chi connectivity index (χ0n) is 23.5. The number of benzene rings is 1. The fourth-order valence-corrected chi connectivity index (χ4v) is 6.45. The van der Waals surface area contributed by atoms with Crippen molar-refractivity contribution in [2.24, 2.45) is 11.3 Å². The molecule has 0 aromatic heterocycles. The predicted octanol–water partition coefficient (Wildman–Crippen LogP) is 6.53. The highest BCUT2D eigenvalue weighted by Crippen LogP contribution is 2.48. The lowest BCUT2D eigenvalue weighted by Gasteiger charge is -2.41. The van der Waals surface area contributed by atoms with Crippen LogP contribution in [0.1, 0.15) is 90.5 Å². The molecule has 0 radical (unpaired) electrons. The summed E-state index contributed by atoms with van der Waals surface area (Å²) in [6.45, 7) is 16.8. The molecule has 0 spiro atoms. The smallest absolute Gasteiger partial charge is 0.144 e. The third-order valence-electron chi connectivity index (χ3n) is 8.92. The van der Waals surface area contributed by atoms with Crippen molar-refractivity contribution in [2.45, 2.75) is 85.0 Å². The minimum atomic E-state index is 0. The van der Waals surface area contributed by atoms with Gasteiger partial charge in [0.05, 0.1) is 12.8 Å². The Balaban J connectivity index is 0.00000361. The van der Waals surface area contributed by atoms with E-state index >= 15 is 0 Å². The van der Waals surface area contributed by atoms with Crippen molar-refractivity contribution in [1.29, 1.82) is 0 Å². The molecule has 3 fully saturated rings. The quantitative estimate of drug-likeness (QED) is 0.409. The number of halogens is 1. The molecule has 3 aliphatic rings. The third-order valence-corrected chi connectivity index (χ3v) is 8.92. The molecule has 1 aliphatic carbocycles. The Morgan fingerprint density at radius 1 is 0.889 bits per heavy atom. The van der Waals surface area contributed by atoms with Gasteiger partial charge in [0.2, 0.25) is 0 Å². The summed E-state index contributed by atoms with van der Waals surface area (Å²) in [4.78, 5) is 19.5. The molecule has 0 N–H and O–H groups in total. The van der Waals surface area contributed by atoms with Crippen LogP contribution < -0.4 is 14.5 Å². The maximum absolute atomic E-state index is 11.9. The molecule has 0 bridgehead atoms. The number of methoxy groups -OCH3 is 1. The first-order valence-corrected chi connectivity index (χ1v) is 14.3. The summed E-state index contributed by atoms with van der Waals surface area (Å²) in [5.74, 6) is 2.78. The molecular weight excluding hydrogens is 470 g/mol. The van der Waals surface area contributed by atoms with Crippen LogP contribution in [0.5, 0.6) is 5.75 Å². The van der Waals surface area contributed by atoms with E-state index in [0.717, 1.165) is 50.9 Å². The van der Waals surface area contributed by atoms with Gasteiger partial charge >= 0.3 is 0 Å². The van der Waals surface area contributed by atoms with Crippen LogP contribution >= 0.6 is 12.4 Å². The van der Waals surface area contributed by atoms with Gasteiger partial charge in [0.15, 0.2) is 0 Å². The Labute approximate surface area is 226 Å². The number of rotatable bonds is 7. The molecule has 4 rings (SSSR count). The van der Waals surface area contributed by atoms with Gasteiger partial charge in [-0.15, -0.1) is 12.4 Å². The number of piperazine rings is 1. The standard InChI is InChI=1S/C30H49N3O2.ClH/c1-6-7-14-31-17-19-33(20-18-31)27-22-29(35-5)28(32-15-12-25(34)13-16-32)21-26(27)23-8-10-24(11-9-23)30(2,3)4;/h21-24H,6-20H2,1-5H3;1H. The van der Waals surface area contributed by atoms with Crippen molar-refractivity contribution in [1.82, 2.24) is 4.90 Å². The van der Waals surface area contributed by atoms with E-state index in [4.69, 9.17) is 4.74 Å². The van der Waals surface area contributed by atoms with E-state index < -0.39 is 0 Å². The molecule has 0 atom stereocenters. The Morgan fingerprint density at radius 3 is 2.06 bits per heavy atom. The number of carbonyl (C=O) groups excluding carboxylic acids is 1. The number of nitrogens with zero attached hydrogens (tertiary/aromatic N) is 3. The second kappa shape index (κ2) is 12.9. The van der Waals surface area contributed by atoms with E-state index in [-0.39, 0.29) is 12.4 Å². The van der Waals surface area contributed by atoms with Crippen molar-refractivity contribution < 1.29 is 9.53 Å². The number of hydrogen-bond donors (Lipinski definition) is 0. The molecule has 2 saturated heterocycles. The third kappa shape index (κ3) is 6.89. The van der Waals surface area contributed by atoms with Crippen LogP contribution in [0.2, 0.25) is 0 Å². The summed E-state index contributed by atoms with van der Waals surface area (Å²) in [7, 11) is 1.80. The molecule has 6 heteroatoms. The van der Waals surface area contributed by atoms with Crippen molar-refractivity contribution in [3.63, 3.8) is 0 Å². The van der Waals surface area contributed by atoms with Crippen molar-refractivity contribution >= 4 is 29.6 Å². The normalized spacial score (nSPS) is 24.0. The number of hydrogen-bond acceptors (Lipinski definition) is 5. The molecule has 1 aromatic rings.